The van der Waals surface area contributed by atoms with Crippen molar-refractivity contribution in [2.24, 2.45) is 4.99 Å². The number of benzene rings is 2. The fourth-order valence-electron chi connectivity index (χ4n) is 2.92. The molecule has 2 aromatic rings. The number of aliphatic hydroxyl groups is 1. The average molecular weight is 353 g/mol. The second kappa shape index (κ2) is 7.73. The van der Waals surface area contributed by atoms with Crippen LogP contribution in [0.4, 0.5) is 0 Å². The Morgan fingerprint density at radius 3 is 1.58 bits per heavy atom. The van der Waals surface area contributed by atoms with E-state index in [1.165, 1.54) is 0 Å². The van der Waals surface area contributed by atoms with Gasteiger partial charge in [-0.15, -0.1) is 0 Å². The summed E-state index contributed by atoms with van der Waals surface area (Å²) in [6.07, 6.45) is 1.87. The third kappa shape index (κ3) is 5.26. The van der Waals surface area contributed by atoms with Crippen LogP contribution < -0.4 is 5.32 Å². The number of hydrogen-bond acceptors (Lipinski definition) is 3. The Morgan fingerprint density at radius 1 is 0.808 bits per heavy atom. The molecule has 0 amide bonds. The smallest absolute Gasteiger partial charge is 0.135 e. The fourth-order valence-corrected chi connectivity index (χ4v) is 2.92. The highest BCUT2D eigenvalue weighted by atomic mass is 16.3. The van der Waals surface area contributed by atoms with E-state index >= 15 is 0 Å². The van der Waals surface area contributed by atoms with Gasteiger partial charge in [-0.05, 0) is 52.7 Å². The normalized spacial score (nSPS) is 14.6. The quantitative estimate of drug-likeness (QED) is 0.776. The van der Waals surface area contributed by atoms with E-state index in [-0.39, 0.29) is 17.1 Å². The van der Waals surface area contributed by atoms with E-state index in [0.717, 1.165) is 11.1 Å². The molecule has 0 bridgehead atoms. The van der Waals surface area contributed by atoms with Gasteiger partial charge in [0.25, 0.3) is 0 Å². The Bertz CT molecular complexity index is 670. The summed E-state index contributed by atoms with van der Waals surface area (Å²) in [5.74, 6) is 0. The zero-order valence-electron chi connectivity index (χ0n) is 16.8. The lowest BCUT2D eigenvalue weighted by molar-refractivity contribution is 0.0531. The molecule has 2 N–H and O–H groups in total. The van der Waals surface area contributed by atoms with Gasteiger partial charge in [0.05, 0.1) is 11.6 Å². The molecule has 140 valence electrons. The highest BCUT2D eigenvalue weighted by Gasteiger charge is 2.41. The maximum Gasteiger partial charge on any atom is 0.135 e. The van der Waals surface area contributed by atoms with E-state index in [2.05, 4.69) is 46.9 Å². The molecule has 2 aromatic carbocycles. The number of hydrogen-bond donors (Lipinski definition) is 2. The van der Waals surface area contributed by atoms with Gasteiger partial charge in [0.15, 0.2) is 0 Å². The van der Waals surface area contributed by atoms with Crippen LogP contribution in [0, 0.1) is 0 Å². The van der Waals surface area contributed by atoms with Crippen molar-refractivity contribution in [2.75, 3.05) is 0 Å². The highest BCUT2D eigenvalue weighted by Crippen LogP contribution is 2.33. The van der Waals surface area contributed by atoms with Gasteiger partial charge in [-0.2, -0.15) is 0 Å². The molecule has 0 heterocycles. The summed E-state index contributed by atoms with van der Waals surface area (Å²) >= 11 is 0. The summed E-state index contributed by atoms with van der Waals surface area (Å²) in [6.45, 7) is 12.5. The summed E-state index contributed by atoms with van der Waals surface area (Å²) < 4.78 is 0. The van der Waals surface area contributed by atoms with Crippen molar-refractivity contribution in [1.82, 2.24) is 5.32 Å². The van der Waals surface area contributed by atoms with E-state index in [0.29, 0.717) is 0 Å². The van der Waals surface area contributed by atoms with Crippen LogP contribution >= 0.6 is 0 Å². The summed E-state index contributed by atoms with van der Waals surface area (Å²) in [6, 6.07) is 19.2. The van der Waals surface area contributed by atoms with Crippen LogP contribution in [0.1, 0.15) is 52.7 Å². The Labute approximate surface area is 158 Å². The van der Waals surface area contributed by atoms with Crippen LogP contribution in [0.2, 0.25) is 0 Å². The van der Waals surface area contributed by atoms with E-state index in [1.54, 1.807) is 0 Å². The highest BCUT2D eigenvalue weighted by molar-refractivity contribution is 5.70. The van der Waals surface area contributed by atoms with E-state index < -0.39 is 5.60 Å². The lowest BCUT2D eigenvalue weighted by Gasteiger charge is -2.40. The van der Waals surface area contributed by atoms with Crippen molar-refractivity contribution in [3.05, 3.63) is 71.8 Å². The molecule has 1 unspecified atom stereocenters. The SMILES string of the molecule is CC(C)(C)N=CC(NC(C)(C)C)C(O)(c1ccccc1)c1ccccc1. The van der Waals surface area contributed by atoms with Crippen molar-refractivity contribution in [3.8, 4) is 0 Å². The molecule has 3 nitrogen and oxygen atoms in total. The fraction of sp³-hybridized carbons (Fsp3) is 0.435. The molecule has 26 heavy (non-hydrogen) atoms. The molecule has 0 aliphatic carbocycles. The minimum atomic E-state index is -1.23. The van der Waals surface area contributed by atoms with Crippen molar-refractivity contribution < 1.29 is 5.11 Å². The largest absolute Gasteiger partial charge is 0.378 e. The van der Waals surface area contributed by atoms with Gasteiger partial charge in [-0.3, -0.25) is 4.99 Å². The number of nitrogens with one attached hydrogen (secondary N) is 1. The van der Waals surface area contributed by atoms with Crippen LogP contribution in [0.15, 0.2) is 65.7 Å². The van der Waals surface area contributed by atoms with Gasteiger partial charge < -0.3 is 10.4 Å². The first-order valence-electron chi connectivity index (χ1n) is 9.19. The molecule has 0 saturated heterocycles. The lowest BCUT2D eigenvalue weighted by Crippen LogP contribution is -2.56. The molecule has 3 heteroatoms. The maximum absolute atomic E-state index is 12.0. The Morgan fingerprint density at radius 2 is 1.23 bits per heavy atom. The summed E-state index contributed by atoms with van der Waals surface area (Å²) in [5.41, 5.74) is 0.0459. The number of aliphatic imine (C=N–C) groups is 1. The van der Waals surface area contributed by atoms with Gasteiger partial charge in [0.2, 0.25) is 0 Å². The zero-order valence-corrected chi connectivity index (χ0v) is 16.8. The first kappa shape index (κ1) is 20.3. The van der Waals surface area contributed by atoms with Gasteiger partial charge >= 0.3 is 0 Å². The van der Waals surface area contributed by atoms with E-state index in [9.17, 15) is 5.11 Å². The lowest BCUT2D eigenvalue weighted by atomic mass is 9.79. The van der Waals surface area contributed by atoms with Crippen molar-refractivity contribution in [3.63, 3.8) is 0 Å². The average Bonchev–Trinajstić information content (AvgIpc) is 2.58. The van der Waals surface area contributed by atoms with Crippen molar-refractivity contribution >= 4 is 6.21 Å². The van der Waals surface area contributed by atoms with Crippen LogP contribution in [-0.4, -0.2) is 28.4 Å². The molecule has 2 rings (SSSR count). The van der Waals surface area contributed by atoms with Crippen LogP contribution in [0.3, 0.4) is 0 Å². The zero-order chi connectivity index (χ0) is 19.4. The molecule has 0 aromatic heterocycles. The minimum absolute atomic E-state index is 0.188. The van der Waals surface area contributed by atoms with Gasteiger partial charge in [-0.25, -0.2) is 0 Å². The monoisotopic (exact) mass is 352 g/mol. The Balaban J connectivity index is 2.64. The maximum atomic E-state index is 12.0. The third-order valence-corrected chi connectivity index (χ3v) is 4.08. The Kier molecular flexibility index (Phi) is 6.05. The molecule has 0 aliphatic heterocycles. The van der Waals surface area contributed by atoms with Crippen LogP contribution in [0.5, 0.6) is 0 Å². The topological polar surface area (TPSA) is 44.6 Å². The third-order valence-electron chi connectivity index (χ3n) is 4.08. The number of nitrogens with zero attached hydrogens (tertiary/aromatic N) is 1. The second-order valence-corrected chi connectivity index (χ2v) is 8.82. The van der Waals surface area contributed by atoms with Gasteiger partial charge in [-0.1, -0.05) is 60.7 Å². The standard InChI is InChI=1S/C23H32N2O/c1-21(2,3)24-17-20(25-22(4,5)6)23(26,18-13-9-7-10-14-18)19-15-11-8-12-16-19/h7-17,20,25-26H,1-6H3. The molecular weight excluding hydrogens is 320 g/mol. The minimum Gasteiger partial charge on any atom is -0.378 e. The first-order valence-corrected chi connectivity index (χ1v) is 9.19. The van der Waals surface area contributed by atoms with Crippen molar-refractivity contribution in [2.45, 2.75) is 64.3 Å². The van der Waals surface area contributed by atoms with E-state index in [1.807, 2.05) is 66.9 Å². The van der Waals surface area contributed by atoms with Crippen LogP contribution in [0.25, 0.3) is 0 Å². The Hall–Kier alpha value is -1.97. The van der Waals surface area contributed by atoms with Gasteiger partial charge in [0.1, 0.15) is 5.60 Å². The molecule has 1 atom stereocenters. The molecule has 0 fully saturated rings. The first-order chi connectivity index (χ1) is 12.0. The molecule has 0 aliphatic rings. The molecular formula is C23H32N2O. The second-order valence-electron chi connectivity index (χ2n) is 8.82. The summed E-state index contributed by atoms with van der Waals surface area (Å²) in [5, 5.41) is 15.6. The van der Waals surface area contributed by atoms with Gasteiger partial charge in [0, 0.05) is 11.8 Å². The molecule has 0 saturated carbocycles. The van der Waals surface area contributed by atoms with Crippen LogP contribution in [-0.2, 0) is 5.60 Å². The molecule has 0 radical (unpaired) electrons. The van der Waals surface area contributed by atoms with E-state index in [4.69, 9.17) is 4.99 Å². The predicted octanol–water partition coefficient (Wildman–Crippen LogP) is 4.55. The summed E-state index contributed by atoms with van der Waals surface area (Å²) in [4.78, 5) is 4.71. The number of rotatable bonds is 5. The van der Waals surface area contributed by atoms with Crippen molar-refractivity contribution in [1.29, 1.82) is 0 Å². The molecule has 0 spiro atoms. The summed E-state index contributed by atoms with van der Waals surface area (Å²) in [7, 11) is 0. The predicted molar refractivity (Wildman–Crippen MR) is 111 cm³/mol.